The molecule has 122 valence electrons. The van der Waals surface area contributed by atoms with Gasteiger partial charge in [0.25, 0.3) is 0 Å². The summed E-state index contributed by atoms with van der Waals surface area (Å²) in [6.45, 7) is 5.83. The monoisotopic (exact) mass is 312 g/mol. The first kappa shape index (κ1) is 15.7. The van der Waals surface area contributed by atoms with Gasteiger partial charge in [-0.15, -0.1) is 0 Å². The quantitative estimate of drug-likeness (QED) is 0.889. The van der Waals surface area contributed by atoms with Crippen molar-refractivity contribution in [2.75, 3.05) is 25.0 Å². The zero-order chi connectivity index (χ0) is 15.9. The second-order valence-corrected chi connectivity index (χ2v) is 5.84. The van der Waals surface area contributed by atoms with Crippen molar-refractivity contribution >= 4 is 5.82 Å². The van der Waals surface area contributed by atoms with Gasteiger partial charge < -0.3 is 10.1 Å². The Morgan fingerprint density at radius 3 is 2.70 bits per heavy atom. The van der Waals surface area contributed by atoms with Crippen molar-refractivity contribution in [1.29, 1.82) is 0 Å². The number of aromatic nitrogens is 2. The predicted octanol–water partition coefficient (Wildman–Crippen LogP) is 2.95. The summed E-state index contributed by atoms with van der Waals surface area (Å²) >= 11 is 0. The first-order valence-electron chi connectivity index (χ1n) is 8.31. The molecule has 0 spiro atoms. The minimum atomic E-state index is 0.480. The molecule has 2 aromatic rings. The van der Waals surface area contributed by atoms with Crippen molar-refractivity contribution in [2.24, 2.45) is 0 Å². The largest absolute Gasteiger partial charge is 0.478 e. The third-order valence-electron chi connectivity index (χ3n) is 4.11. The van der Waals surface area contributed by atoms with Gasteiger partial charge in [-0.25, -0.2) is 0 Å². The third-order valence-corrected chi connectivity index (χ3v) is 4.11. The topological polar surface area (TPSA) is 50.3 Å². The molecule has 1 saturated heterocycles. The van der Waals surface area contributed by atoms with Crippen LogP contribution < -0.4 is 10.1 Å². The molecule has 0 aromatic carbocycles. The molecule has 0 radical (unpaired) electrons. The van der Waals surface area contributed by atoms with Crippen LogP contribution in [0.25, 0.3) is 0 Å². The molecule has 0 bridgehead atoms. The first-order valence-corrected chi connectivity index (χ1v) is 8.31. The Morgan fingerprint density at radius 1 is 1.17 bits per heavy atom. The molecule has 1 fully saturated rings. The normalized spacial score (nSPS) is 16.2. The molecule has 1 aliphatic heterocycles. The van der Waals surface area contributed by atoms with Gasteiger partial charge in [-0.1, -0.05) is 6.07 Å². The molecule has 0 aliphatic carbocycles. The van der Waals surface area contributed by atoms with Gasteiger partial charge in [-0.3, -0.25) is 9.88 Å². The van der Waals surface area contributed by atoms with Gasteiger partial charge in [0, 0.05) is 44.1 Å². The van der Waals surface area contributed by atoms with Gasteiger partial charge in [-0.2, -0.15) is 4.98 Å². The standard InChI is InChI=1S/C18H24N4O/c1-2-23-18-5-3-4-17(21-18)20-16-8-12-22(13-9-16)14-15-6-10-19-11-7-15/h3-7,10-11,16H,2,8-9,12-14H2,1H3,(H,20,21). The Morgan fingerprint density at radius 2 is 1.96 bits per heavy atom. The molecule has 3 heterocycles. The van der Waals surface area contributed by atoms with Gasteiger partial charge in [-0.05, 0) is 43.5 Å². The average molecular weight is 312 g/mol. The molecule has 0 saturated carbocycles. The lowest BCUT2D eigenvalue weighted by Crippen LogP contribution is -2.38. The fourth-order valence-electron chi connectivity index (χ4n) is 2.91. The van der Waals surface area contributed by atoms with E-state index in [2.05, 4.69) is 32.3 Å². The summed E-state index contributed by atoms with van der Waals surface area (Å²) in [4.78, 5) is 11.1. The van der Waals surface area contributed by atoms with E-state index in [4.69, 9.17) is 4.74 Å². The van der Waals surface area contributed by atoms with Crippen molar-refractivity contribution in [3.05, 3.63) is 48.3 Å². The highest BCUT2D eigenvalue weighted by Gasteiger charge is 2.19. The Kier molecular flexibility index (Phi) is 5.42. The third kappa shape index (κ3) is 4.66. The number of pyridine rings is 2. The van der Waals surface area contributed by atoms with Crippen molar-refractivity contribution < 1.29 is 4.74 Å². The van der Waals surface area contributed by atoms with Crippen LogP contribution in [0, 0.1) is 0 Å². The van der Waals surface area contributed by atoms with Crippen LogP contribution in [0.2, 0.25) is 0 Å². The SMILES string of the molecule is CCOc1cccc(NC2CCN(Cc3ccncc3)CC2)n1. The second kappa shape index (κ2) is 7.92. The maximum Gasteiger partial charge on any atom is 0.215 e. The molecule has 5 nitrogen and oxygen atoms in total. The van der Waals surface area contributed by atoms with E-state index in [1.807, 2.05) is 37.5 Å². The highest BCUT2D eigenvalue weighted by molar-refractivity contribution is 5.38. The van der Waals surface area contributed by atoms with E-state index >= 15 is 0 Å². The Labute approximate surface area is 137 Å². The highest BCUT2D eigenvalue weighted by Crippen LogP contribution is 2.18. The van der Waals surface area contributed by atoms with E-state index in [1.165, 1.54) is 5.56 Å². The molecule has 0 atom stereocenters. The Bertz CT molecular complexity index is 597. The number of piperidine rings is 1. The van der Waals surface area contributed by atoms with E-state index in [9.17, 15) is 0 Å². The van der Waals surface area contributed by atoms with Crippen molar-refractivity contribution in [2.45, 2.75) is 32.4 Å². The van der Waals surface area contributed by atoms with Gasteiger partial charge in [0.05, 0.1) is 6.61 Å². The van der Waals surface area contributed by atoms with E-state index in [1.54, 1.807) is 0 Å². The van der Waals surface area contributed by atoms with Crippen LogP contribution in [0.1, 0.15) is 25.3 Å². The van der Waals surface area contributed by atoms with E-state index in [-0.39, 0.29) is 0 Å². The number of rotatable bonds is 6. The molecule has 23 heavy (non-hydrogen) atoms. The minimum Gasteiger partial charge on any atom is -0.478 e. The summed E-state index contributed by atoms with van der Waals surface area (Å²) in [5, 5.41) is 3.54. The lowest BCUT2D eigenvalue weighted by Gasteiger charge is -2.32. The molecule has 5 heteroatoms. The van der Waals surface area contributed by atoms with Crippen molar-refractivity contribution in [3.8, 4) is 5.88 Å². The zero-order valence-corrected chi connectivity index (χ0v) is 13.6. The number of hydrogen-bond donors (Lipinski definition) is 1. The summed E-state index contributed by atoms with van der Waals surface area (Å²) in [7, 11) is 0. The van der Waals surface area contributed by atoms with Crippen molar-refractivity contribution in [3.63, 3.8) is 0 Å². The molecule has 1 N–H and O–H groups in total. The number of ether oxygens (including phenoxy) is 1. The number of likely N-dealkylation sites (tertiary alicyclic amines) is 1. The van der Waals surface area contributed by atoms with Crippen LogP contribution in [-0.4, -0.2) is 40.6 Å². The zero-order valence-electron chi connectivity index (χ0n) is 13.6. The van der Waals surface area contributed by atoms with Crippen molar-refractivity contribution in [1.82, 2.24) is 14.9 Å². The lowest BCUT2D eigenvalue weighted by molar-refractivity contribution is 0.211. The van der Waals surface area contributed by atoms with Gasteiger partial charge in [0.15, 0.2) is 0 Å². The molecule has 0 amide bonds. The summed E-state index contributed by atoms with van der Waals surface area (Å²) in [5.74, 6) is 1.59. The second-order valence-electron chi connectivity index (χ2n) is 5.84. The van der Waals surface area contributed by atoms with E-state index < -0.39 is 0 Å². The molecule has 3 rings (SSSR count). The number of nitrogens with one attached hydrogen (secondary N) is 1. The predicted molar refractivity (Wildman–Crippen MR) is 91.6 cm³/mol. The van der Waals surface area contributed by atoms with Crippen LogP contribution in [0.3, 0.4) is 0 Å². The number of hydrogen-bond acceptors (Lipinski definition) is 5. The number of nitrogens with zero attached hydrogens (tertiary/aromatic N) is 3. The Hall–Kier alpha value is -2.14. The fourth-order valence-corrected chi connectivity index (χ4v) is 2.91. The summed E-state index contributed by atoms with van der Waals surface area (Å²) in [6.07, 6.45) is 5.98. The molecule has 2 aromatic heterocycles. The van der Waals surface area contributed by atoms with Crippen LogP contribution in [0.4, 0.5) is 5.82 Å². The van der Waals surface area contributed by atoms with Crippen LogP contribution >= 0.6 is 0 Å². The van der Waals surface area contributed by atoms with Gasteiger partial charge >= 0.3 is 0 Å². The molecule has 1 aliphatic rings. The van der Waals surface area contributed by atoms with Crippen LogP contribution in [0.5, 0.6) is 5.88 Å². The maximum atomic E-state index is 5.45. The molecular weight excluding hydrogens is 288 g/mol. The smallest absolute Gasteiger partial charge is 0.215 e. The Balaban J connectivity index is 1.48. The molecule has 0 unspecified atom stereocenters. The minimum absolute atomic E-state index is 0.480. The first-order chi connectivity index (χ1) is 11.3. The summed E-state index contributed by atoms with van der Waals surface area (Å²) < 4.78 is 5.45. The average Bonchev–Trinajstić information content (AvgIpc) is 2.58. The fraction of sp³-hybridized carbons (Fsp3) is 0.444. The van der Waals surface area contributed by atoms with Crippen LogP contribution in [0.15, 0.2) is 42.7 Å². The summed E-state index contributed by atoms with van der Waals surface area (Å²) in [5.41, 5.74) is 1.33. The molecular formula is C18H24N4O. The van der Waals surface area contributed by atoms with Gasteiger partial charge in [0.2, 0.25) is 5.88 Å². The maximum absolute atomic E-state index is 5.45. The summed E-state index contributed by atoms with van der Waals surface area (Å²) in [6, 6.07) is 10.5. The van der Waals surface area contributed by atoms with Crippen LogP contribution in [-0.2, 0) is 6.54 Å². The van der Waals surface area contributed by atoms with E-state index in [0.717, 1.165) is 38.3 Å². The van der Waals surface area contributed by atoms with E-state index in [0.29, 0.717) is 18.5 Å². The highest BCUT2D eigenvalue weighted by atomic mass is 16.5. The lowest BCUT2D eigenvalue weighted by atomic mass is 10.0. The van der Waals surface area contributed by atoms with Gasteiger partial charge in [0.1, 0.15) is 5.82 Å². The number of anilines is 1.